The number of nitrogens with zero attached hydrogens (tertiary/aromatic N) is 3. The number of aryl methyl sites for hydroxylation is 1. The van der Waals surface area contributed by atoms with E-state index in [2.05, 4.69) is 11.8 Å². The zero-order valence-electron chi connectivity index (χ0n) is 19.0. The van der Waals surface area contributed by atoms with E-state index in [0.29, 0.717) is 16.1 Å². The molecule has 8 heteroatoms. The molecule has 5 nitrogen and oxygen atoms in total. The molecule has 34 heavy (non-hydrogen) atoms. The number of fused-ring (bicyclic) bond motifs is 3. The maximum absolute atomic E-state index is 13.8. The molecule has 0 saturated heterocycles. The van der Waals surface area contributed by atoms with Crippen LogP contribution in [-0.2, 0) is 13.0 Å². The van der Waals surface area contributed by atoms with Crippen LogP contribution >= 0.6 is 23.1 Å². The quantitative estimate of drug-likeness (QED) is 0.209. The Morgan fingerprint density at radius 2 is 1.88 bits per heavy atom. The number of halogens is 1. The molecule has 1 aliphatic rings. The van der Waals surface area contributed by atoms with Crippen molar-refractivity contribution in [2.45, 2.75) is 32.0 Å². The summed E-state index contributed by atoms with van der Waals surface area (Å²) in [7, 11) is 0. The largest absolute Gasteiger partial charge is 0.298 e. The van der Waals surface area contributed by atoms with Crippen LogP contribution in [-0.4, -0.2) is 39.1 Å². The van der Waals surface area contributed by atoms with Crippen LogP contribution in [0.4, 0.5) is 4.39 Å². The summed E-state index contributed by atoms with van der Waals surface area (Å²) in [6, 6.07) is 13.3. The number of ketones is 1. The SMILES string of the molecule is CCN1CCc2c(sc3nc(SCC(=O)c4ccc(F)cc4)n(-c4ccc(C)cc4)c(=O)c23)C1. The van der Waals surface area contributed by atoms with E-state index in [1.165, 1.54) is 40.9 Å². The van der Waals surface area contributed by atoms with Crippen molar-refractivity contribution in [3.8, 4) is 5.69 Å². The zero-order chi connectivity index (χ0) is 23.8. The molecule has 4 aromatic rings. The summed E-state index contributed by atoms with van der Waals surface area (Å²) in [5.41, 5.74) is 3.28. The molecule has 0 radical (unpaired) electrons. The molecule has 1 aliphatic heterocycles. The van der Waals surface area contributed by atoms with Crippen molar-refractivity contribution in [1.29, 1.82) is 0 Å². The van der Waals surface area contributed by atoms with Crippen molar-refractivity contribution < 1.29 is 9.18 Å². The summed E-state index contributed by atoms with van der Waals surface area (Å²) in [6.07, 6.45) is 0.837. The number of Topliss-reactive ketones (excluding diaryl/α,β-unsaturated/α-hetero) is 1. The number of carbonyl (C=O) groups is 1. The van der Waals surface area contributed by atoms with Gasteiger partial charge in [0.15, 0.2) is 10.9 Å². The number of likely N-dealkylation sites (N-methyl/N-ethyl adjacent to an activating group) is 1. The van der Waals surface area contributed by atoms with Crippen LogP contribution < -0.4 is 5.56 Å². The molecule has 174 valence electrons. The van der Waals surface area contributed by atoms with E-state index in [-0.39, 0.29) is 22.9 Å². The normalized spacial score (nSPS) is 13.9. The number of benzene rings is 2. The molecule has 0 unspecified atom stereocenters. The van der Waals surface area contributed by atoms with E-state index in [9.17, 15) is 14.0 Å². The molecule has 5 rings (SSSR count). The average Bonchev–Trinajstić information content (AvgIpc) is 3.21. The lowest BCUT2D eigenvalue weighted by molar-refractivity contribution is 0.102. The summed E-state index contributed by atoms with van der Waals surface area (Å²) in [6.45, 7) is 6.89. The van der Waals surface area contributed by atoms with Crippen molar-refractivity contribution in [1.82, 2.24) is 14.5 Å². The van der Waals surface area contributed by atoms with Crippen LogP contribution in [0.3, 0.4) is 0 Å². The number of hydrogen-bond acceptors (Lipinski definition) is 6. The fraction of sp³-hybridized carbons (Fsp3) is 0.269. The molecular formula is C26H24FN3O2S2. The van der Waals surface area contributed by atoms with Gasteiger partial charge in [0, 0.05) is 23.5 Å². The Balaban J connectivity index is 1.58. The Kier molecular flexibility index (Phi) is 6.38. The van der Waals surface area contributed by atoms with Crippen molar-refractivity contribution in [3.63, 3.8) is 0 Å². The Bertz CT molecular complexity index is 1430. The number of carbonyl (C=O) groups excluding carboxylic acids is 1. The second-order valence-corrected chi connectivity index (χ2v) is 10.4. The smallest absolute Gasteiger partial charge is 0.267 e. The van der Waals surface area contributed by atoms with Crippen molar-refractivity contribution in [3.05, 3.63) is 86.3 Å². The monoisotopic (exact) mass is 493 g/mol. The maximum Gasteiger partial charge on any atom is 0.267 e. The lowest BCUT2D eigenvalue weighted by atomic mass is 10.1. The minimum absolute atomic E-state index is 0.0898. The molecule has 0 saturated carbocycles. The first kappa shape index (κ1) is 23.0. The van der Waals surface area contributed by atoms with Crippen molar-refractivity contribution >= 4 is 39.1 Å². The van der Waals surface area contributed by atoms with E-state index in [0.717, 1.165) is 47.7 Å². The highest BCUT2D eigenvalue weighted by atomic mass is 32.2. The number of rotatable bonds is 6. The van der Waals surface area contributed by atoms with E-state index in [1.54, 1.807) is 15.9 Å². The highest BCUT2D eigenvalue weighted by Crippen LogP contribution is 2.34. The molecule has 0 fully saturated rings. The standard InChI is InChI=1S/C26H24FN3O2S2/c1-3-29-13-12-20-22(14-29)34-24-23(20)25(32)30(19-10-4-16(2)5-11-19)26(28-24)33-15-21(31)17-6-8-18(27)9-7-17/h4-11H,3,12-15H2,1-2H3. The fourth-order valence-electron chi connectivity index (χ4n) is 4.21. The van der Waals surface area contributed by atoms with E-state index in [4.69, 9.17) is 4.98 Å². The average molecular weight is 494 g/mol. The van der Waals surface area contributed by atoms with Gasteiger partial charge in [-0.05, 0) is 61.9 Å². The predicted molar refractivity (Wildman–Crippen MR) is 136 cm³/mol. The maximum atomic E-state index is 13.8. The van der Waals surface area contributed by atoms with E-state index in [1.807, 2.05) is 31.2 Å². The molecule has 3 heterocycles. The molecule has 0 spiro atoms. The summed E-state index contributed by atoms with van der Waals surface area (Å²) in [5.74, 6) is -0.420. The van der Waals surface area contributed by atoms with Crippen LogP contribution in [0.25, 0.3) is 15.9 Å². The van der Waals surface area contributed by atoms with Gasteiger partial charge >= 0.3 is 0 Å². The third-order valence-electron chi connectivity index (χ3n) is 6.16. The number of hydrogen-bond donors (Lipinski definition) is 0. The van der Waals surface area contributed by atoms with Gasteiger partial charge in [-0.15, -0.1) is 11.3 Å². The van der Waals surface area contributed by atoms with Crippen molar-refractivity contribution in [2.24, 2.45) is 0 Å². The second kappa shape index (κ2) is 9.44. The Morgan fingerprint density at radius 3 is 2.59 bits per heavy atom. The summed E-state index contributed by atoms with van der Waals surface area (Å²) in [4.78, 5) is 35.8. The number of thioether (sulfide) groups is 1. The number of thiophene rings is 1. The molecule has 0 bridgehead atoms. The molecule has 2 aromatic carbocycles. The van der Waals surface area contributed by atoms with E-state index >= 15 is 0 Å². The first-order valence-corrected chi connectivity index (χ1v) is 13.0. The highest BCUT2D eigenvalue weighted by Gasteiger charge is 2.25. The Labute approximate surface area is 205 Å². The number of aromatic nitrogens is 2. The van der Waals surface area contributed by atoms with Crippen molar-refractivity contribution in [2.75, 3.05) is 18.8 Å². The Hall–Kier alpha value is -2.81. The Morgan fingerprint density at radius 1 is 1.15 bits per heavy atom. The van der Waals surface area contributed by atoms with Gasteiger partial charge in [-0.25, -0.2) is 9.37 Å². The lowest BCUT2D eigenvalue weighted by Gasteiger charge is -2.25. The topological polar surface area (TPSA) is 55.2 Å². The highest BCUT2D eigenvalue weighted by molar-refractivity contribution is 7.99. The summed E-state index contributed by atoms with van der Waals surface area (Å²) >= 11 is 2.82. The van der Waals surface area contributed by atoms with Crippen LogP contribution in [0.1, 0.15) is 33.3 Å². The third kappa shape index (κ3) is 4.33. The third-order valence-corrected chi connectivity index (χ3v) is 8.21. The molecule has 0 atom stereocenters. The van der Waals surface area contributed by atoms with Gasteiger partial charge in [-0.1, -0.05) is 36.4 Å². The van der Waals surface area contributed by atoms with Gasteiger partial charge in [0.2, 0.25) is 0 Å². The first-order valence-electron chi connectivity index (χ1n) is 11.2. The van der Waals surface area contributed by atoms with Crippen LogP contribution in [0.2, 0.25) is 0 Å². The molecule has 0 amide bonds. The lowest BCUT2D eigenvalue weighted by Crippen LogP contribution is -2.30. The first-order chi connectivity index (χ1) is 16.4. The zero-order valence-corrected chi connectivity index (χ0v) is 20.6. The summed E-state index contributed by atoms with van der Waals surface area (Å²) in [5, 5.41) is 1.19. The van der Waals surface area contributed by atoms with Gasteiger partial charge in [-0.2, -0.15) is 0 Å². The van der Waals surface area contributed by atoms with Crippen LogP contribution in [0.5, 0.6) is 0 Å². The molecular weight excluding hydrogens is 469 g/mol. The van der Waals surface area contributed by atoms with Gasteiger partial charge < -0.3 is 0 Å². The van der Waals surface area contributed by atoms with Gasteiger partial charge in [0.1, 0.15) is 10.6 Å². The van der Waals surface area contributed by atoms with Gasteiger partial charge in [-0.3, -0.25) is 19.1 Å². The second-order valence-electron chi connectivity index (χ2n) is 8.39. The molecule has 0 N–H and O–H groups in total. The predicted octanol–water partition coefficient (Wildman–Crippen LogP) is 5.25. The minimum Gasteiger partial charge on any atom is -0.298 e. The minimum atomic E-state index is -0.382. The molecule has 2 aromatic heterocycles. The summed E-state index contributed by atoms with van der Waals surface area (Å²) < 4.78 is 14.9. The van der Waals surface area contributed by atoms with Crippen LogP contribution in [0.15, 0.2) is 58.5 Å². The van der Waals surface area contributed by atoms with Crippen LogP contribution in [0, 0.1) is 12.7 Å². The molecule has 0 aliphatic carbocycles. The van der Waals surface area contributed by atoms with Gasteiger partial charge in [0.05, 0.1) is 16.8 Å². The van der Waals surface area contributed by atoms with E-state index < -0.39 is 0 Å². The fourth-order valence-corrected chi connectivity index (χ4v) is 6.42. The van der Waals surface area contributed by atoms with Gasteiger partial charge in [0.25, 0.3) is 5.56 Å².